The molecule has 1 aliphatic heterocycles. The average Bonchev–Trinajstić information content (AvgIpc) is 2.85. The van der Waals surface area contributed by atoms with Gasteiger partial charge in [-0.25, -0.2) is 9.37 Å². The Morgan fingerprint density at radius 1 is 1.08 bits per heavy atom. The van der Waals surface area contributed by atoms with E-state index in [4.69, 9.17) is 14.5 Å². The number of rotatable bonds is 6. The van der Waals surface area contributed by atoms with Gasteiger partial charge in [-0.1, -0.05) is 55.9 Å². The predicted molar refractivity (Wildman–Crippen MR) is 141 cm³/mol. The highest BCUT2D eigenvalue weighted by Crippen LogP contribution is 2.50. The van der Waals surface area contributed by atoms with E-state index in [1.165, 1.54) is 24.9 Å². The van der Waals surface area contributed by atoms with E-state index in [1.54, 1.807) is 31.4 Å². The van der Waals surface area contributed by atoms with E-state index >= 15 is 0 Å². The molecular formula is C28H28FN3O4S. The van der Waals surface area contributed by atoms with Crippen molar-refractivity contribution in [3.8, 4) is 11.5 Å². The van der Waals surface area contributed by atoms with Crippen molar-refractivity contribution in [3.05, 3.63) is 86.6 Å². The number of anilines is 1. The maximum Gasteiger partial charge on any atom is 0.257 e. The minimum atomic E-state index is -0.679. The zero-order valence-electron chi connectivity index (χ0n) is 21.1. The second-order valence-electron chi connectivity index (χ2n) is 9.99. The van der Waals surface area contributed by atoms with Crippen molar-refractivity contribution in [2.24, 2.45) is 5.41 Å². The van der Waals surface area contributed by atoms with Crippen LogP contribution in [0.5, 0.6) is 11.5 Å². The number of fused-ring (bicyclic) bond motifs is 1. The highest BCUT2D eigenvalue weighted by Gasteiger charge is 2.43. The SMILES string of the molecule is COc1cccc(C2C3=C(CC(C)(C)CC3=O)Nc3nc(SCc4ccccc4F)[nH]c(=O)c32)c1OC. The molecule has 2 N–H and O–H groups in total. The summed E-state index contributed by atoms with van der Waals surface area (Å²) in [6.07, 6.45) is 0.996. The molecule has 0 fully saturated rings. The zero-order valence-corrected chi connectivity index (χ0v) is 21.9. The number of H-pyrrole nitrogens is 1. The van der Waals surface area contributed by atoms with Crippen LogP contribution in [-0.2, 0) is 10.5 Å². The van der Waals surface area contributed by atoms with E-state index in [0.717, 1.165) is 5.70 Å². The van der Waals surface area contributed by atoms with E-state index < -0.39 is 5.92 Å². The molecule has 0 radical (unpaired) electrons. The molecule has 2 aromatic carbocycles. The van der Waals surface area contributed by atoms with Crippen molar-refractivity contribution in [2.75, 3.05) is 19.5 Å². The first-order valence-corrected chi connectivity index (χ1v) is 13.0. The fourth-order valence-corrected chi connectivity index (χ4v) is 6.02. The molecule has 192 valence electrons. The Labute approximate surface area is 218 Å². The number of ether oxygens (including phenoxy) is 2. The summed E-state index contributed by atoms with van der Waals surface area (Å²) in [5.74, 6) is 0.659. The molecule has 2 heterocycles. The summed E-state index contributed by atoms with van der Waals surface area (Å²) in [6.45, 7) is 4.10. The summed E-state index contributed by atoms with van der Waals surface area (Å²) in [7, 11) is 3.08. The van der Waals surface area contributed by atoms with Gasteiger partial charge in [-0.3, -0.25) is 9.59 Å². The number of nitrogens with zero attached hydrogens (tertiary/aromatic N) is 1. The molecular weight excluding hydrogens is 493 g/mol. The van der Waals surface area contributed by atoms with Crippen molar-refractivity contribution < 1.29 is 18.7 Å². The summed E-state index contributed by atoms with van der Waals surface area (Å²) in [5.41, 5.74) is 2.21. The van der Waals surface area contributed by atoms with E-state index in [-0.39, 0.29) is 22.6 Å². The number of aromatic nitrogens is 2. The number of allylic oxidation sites excluding steroid dienone is 2. The Bertz CT molecular complexity index is 1480. The van der Waals surface area contributed by atoms with Crippen molar-refractivity contribution >= 4 is 23.4 Å². The first-order chi connectivity index (χ1) is 17.7. The number of carbonyl (C=O) groups excluding carboxylic acids is 1. The second kappa shape index (κ2) is 9.70. The van der Waals surface area contributed by atoms with Crippen LogP contribution in [0.4, 0.5) is 10.2 Å². The van der Waals surface area contributed by atoms with Crippen LogP contribution in [-0.4, -0.2) is 30.0 Å². The molecule has 7 nitrogen and oxygen atoms in total. The third-order valence-corrected chi connectivity index (χ3v) is 7.69. The molecule has 1 unspecified atom stereocenters. The van der Waals surface area contributed by atoms with E-state index in [9.17, 15) is 14.0 Å². The van der Waals surface area contributed by atoms with Crippen LogP contribution in [0, 0.1) is 11.2 Å². The van der Waals surface area contributed by atoms with Crippen molar-refractivity contribution in [3.63, 3.8) is 0 Å². The van der Waals surface area contributed by atoms with Crippen LogP contribution in [0.2, 0.25) is 0 Å². The first kappa shape index (κ1) is 25.1. The quantitative estimate of drug-likeness (QED) is 0.331. The highest BCUT2D eigenvalue weighted by atomic mass is 32.2. The van der Waals surface area contributed by atoms with Crippen LogP contribution in [0.3, 0.4) is 0 Å². The number of hydrogen-bond acceptors (Lipinski definition) is 7. The summed E-state index contributed by atoms with van der Waals surface area (Å²) in [5, 5.41) is 3.67. The minimum Gasteiger partial charge on any atom is -0.493 e. The molecule has 2 aliphatic rings. The van der Waals surface area contributed by atoms with Gasteiger partial charge in [-0.2, -0.15) is 0 Å². The number of nitrogens with one attached hydrogen (secondary N) is 2. The number of para-hydroxylation sites is 1. The molecule has 37 heavy (non-hydrogen) atoms. The lowest BCUT2D eigenvalue weighted by molar-refractivity contribution is -0.118. The van der Waals surface area contributed by atoms with Gasteiger partial charge in [0.2, 0.25) is 0 Å². The smallest absolute Gasteiger partial charge is 0.257 e. The Hall–Kier alpha value is -3.59. The van der Waals surface area contributed by atoms with Crippen LogP contribution in [0.15, 0.2) is 63.7 Å². The molecule has 1 aliphatic carbocycles. The Morgan fingerprint density at radius 2 is 1.86 bits per heavy atom. The van der Waals surface area contributed by atoms with Crippen molar-refractivity contribution in [1.82, 2.24) is 9.97 Å². The van der Waals surface area contributed by atoms with Gasteiger partial charge >= 0.3 is 0 Å². The van der Waals surface area contributed by atoms with E-state index in [0.29, 0.717) is 63.3 Å². The number of ketones is 1. The maximum absolute atomic E-state index is 14.1. The summed E-state index contributed by atoms with van der Waals surface area (Å²) in [6, 6.07) is 12.0. The number of carbonyl (C=O) groups is 1. The van der Waals surface area contributed by atoms with Crippen molar-refractivity contribution in [2.45, 2.75) is 43.5 Å². The van der Waals surface area contributed by atoms with Gasteiger partial charge in [-0.05, 0) is 29.5 Å². The molecule has 0 bridgehead atoms. The Balaban J connectivity index is 1.65. The number of benzene rings is 2. The van der Waals surface area contributed by atoms with Gasteiger partial charge in [0.1, 0.15) is 11.6 Å². The molecule has 1 atom stereocenters. The third kappa shape index (κ3) is 4.64. The van der Waals surface area contributed by atoms with E-state index in [1.807, 2.05) is 26.0 Å². The average molecular weight is 522 g/mol. The number of Topliss-reactive ketones (excluding diaryl/α,β-unsaturated/α-hetero) is 1. The maximum atomic E-state index is 14.1. The molecule has 3 aromatic rings. The fourth-order valence-electron chi connectivity index (χ4n) is 5.17. The molecule has 0 saturated carbocycles. The third-order valence-electron chi connectivity index (χ3n) is 6.77. The number of aromatic amines is 1. The summed E-state index contributed by atoms with van der Waals surface area (Å²) >= 11 is 1.24. The molecule has 0 amide bonds. The standard InChI is InChI=1S/C28H28FN3O4S/c1-28(2)12-18-22(19(33)13-28)21(16-9-7-11-20(35-3)24(16)36-4)23-25(30-18)31-27(32-26(23)34)37-14-15-8-5-6-10-17(15)29/h5-11,21H,12-14H2,1-4H3,(H2,30,31,32,34). The Morgan fingerprint density at radius 3 is 2.59 bits per heavy atom. The monoisotopic (exact) mass is 521 g/mol. The van der Waals surface area contributed by atoms with Gasteiger partial charge in [0, 0.05) is 29.0 Å². The lowest BCUT2D eigenvalue weighted by atomic mass is 9.69. The molecule has 0 spiro atoms. The zero-order chi connectivity index (χ0) is 26.3. The van der Waals surface area contributed by atoms with Gasteiger partial charge in [-0.15, -0.1) is 0 Å². The lowest BCUT2D eigenvalue weighted by Gasteiger charge is -2.38. The van der Waals surface area contributed by atoms with Crippen LogP contribution in [0.25, 0.3) is 0 Å². The fraction of sp³-hybridized carbons (Fsp3) is 0.321. The summed E-state index contributed by atoms with van der Waals surface area (Å²) in [4.78, 5) is 34.7. The largest absolute Gasteiger partial charge is 0.493 e. The molecule has 9 heteroatoms. The number of thioether (sulfide) groups is 1. The van der Waals surface area contributed by atoms with Gasteiger partial charge in [0.05, 0.1) is 25.7 Å². The van der Waals surface area contributed by atoms with Crippen molar-refractivity contribution in [1.29, 1.82) is 0 Å². The van der Waals surface area contributed by atoms with Gasteiger partial charge < -0.3 is 19.8 Å². The first-order valence-electron chi connectivity index (χ1n) is 12.0. The van der Waals surface area contributed by atoms with E-state index in [2.05, 4.69) is 10.3 Å². The minimum absolute atomic E-state index is 0.0170. The molecule has 1 aromatic heterocycles. The number of hydrogen-bond donors (Lipinski definition) is 2. The van der Waals surface area contributed by atoms with Gasteiger partial charge in [0.15, 0.2) is 22.4 Å². The molecule has 5 rings (SSSR count). The Kier molecular flexibility index (Phi) is 6.58. The summed E-state index contributed by atoms with van der Waals surface area (Å²) < 4.78 is 25.3. The predicted octanol–water partition coefficient (Wildman–Crippen LogP) is 5.42. The normalized spacial score (nSPS) is 18.1. The second-order valence-corrected chi connectivity index (χ2v) is 11.0. The van der Waals surface area contributed by atoms with Crippen LogP contribution in [0.1, 0.15) is 49.3 Å². The van der Waals surface area contributed by atoms with Gasteiger partial charge in [0.25, 0.3) is 5.56 Å². The number of halogens is 1. The highest BCUT2D eigenvalue weighted by molar-refractivity contribution is 7.98. The van der Waals surface area contributed by atoms with Crippen LogP contribution >= 0.6 is 11.8 Å². The molecule has 0 saturated heterocycles. The topological polar surface area (TPSA) is 93.3 Å². The van der Waals surface area contributed by atoms with Crippen LogP contribution < -0.4 is 20.3 Å². The number of methoxy groups -OCH3 is 2. The lowest BCUT2D eigenvalue weighted by Crippen LogP contribution is -2.37.